The van der Waals surface area contributed by atoms with Crippen molar-refractivity contribution in [3.63, 3.8) is 0 Å². The van der Waals surface area contributed by atoms with E-state index in [0.29, 0.717) is 6.07 Å². The molecule has 2 aromatic rings. The average Bonchev–Trinajstić information content (AvgIpc) is 2.96. The van der Waals surface area contributed by atoms with Crippen molar-refractivity contribution >= 4 is 34.9 Å². The van der Waals surface area contributed by atoms with Gasteiger partial charge < -0.3 is 10.0 Å². The lowest BCUT2D eigenvalue weighted by Crippen LogP contribution is -2.46. The summed E-state index contributed by atoms with van der Waals surface area (Å²) in [6.45, 7) is 1.32. The second-order valence-corrected chi connectivity index (χ2v) is 7.23. The van der Waals surface area contributed by atoms with Crippen LogP contribution < -0.4 is 9.80 Å². The number of aliphatic hydroxyl groups is 1. The second-order valence-electron chi connectivity index (χ2n) is 6.82. The largest absolute Gasteiger partial charge is 0.416 e. The van der Waals surface area contributed by atoms with Crippen molar-refractivity contribution in [1.82, 2.24) is 4.98 Å². The molecule has 2 atom stereocenters. The predicted octanol–water partition coefficient (Wildman–Crippen LogP) is 3.33. The van der Waals surface area contributed by atoms with Gasteiger partial charge in [-0.1, -0.05) is 11.6 Å². The summed E-state index contributed by atoms with van der Waals surface area (Å²) in [6.07, 6.45) is -6.61. The number of hydrogen-bond donors (Lipinski definition) is 1. The molecule has 0 spiro atoms. The number of halogens is 5. The molecule has 11 heteroatoms. The number of aryl methyl sites for hydroxylation is 1. The number of amides is 2. The molecule has 0 radical (unpaired) electrons. The molecule has 2 amide bonds. The van der Waals surface area contributed by atoms with E-state index < -0.39 is 47.3 Å². The van der Waals surface area contributed by atoms with Crippen molar-refractivity contribution in [1.29, 1.82) is 0 Å². The highest BCUT2D eigenvalue weighted by Gasteiger charge is 2.46. The molecule has 1 N–H and O–H groups in total. The summed E-state index contributed by atoms with van der Waals surface area (Å²) >= 11 is 5.74. The zero-order valence-electron chi connectivity index (χ0n) is 15.7. The van der Waals surface area contributed by atoms with Gasteiger partial charge in [-0.15, -0.1) is 0 Å². The Kier molecular flexibility index (Phi) is 5.74. The van der Waals surface area contributed by atoms with E-state index in [4.69, 9.17) is 11.6 Å². The quantitative estimate of drug-likeness (QED) is 0.735. The number of aliphatic hydroxyl groups excluding tert-OH is 1. The lowest BCUT2D eigenvalue weighted by atomic mass is 10.1. The van der Waals surface area contributed by atoms with Crippen molar-refractivity contribution in [2.45, 2.75) is 31.7 Å². The van der Waals surface area contributed by atoms with Gasteiger partial charge in [0.25, 0.3) is 5.91 Å². The maximum atomic E-state index is 13.4. The van der Waals surface area contributed by atoms with Crippen molar-refractivity contribution in [2.24, 2.45) is 0 Å². The molecule has 3 rings (SSSR count). The van der Waals surface area contributed by atoms with Gasteiger partial charge in [0.1, 0.15) is 23.8 Å². The zero-order valence-corrected chi connectivity index (χ0v) is 16.5. The highest BCUT2D eigenvalue weighted by atomic mass is 35.5. The Hall–Kier alpha value is -2.72. The minimum Gasteiger partial charge on any atom is -0.383 e. The number of likely N-dealkylation sites (N-methyl/N-ethyl adjacent to an activating group) is 1. The molecule has 1 saturated heterocycles. The van der Waals surface area contributed by atoms with Crippen molar-refractivity contribution in [3.8, 4) is 0 Å². The summed E-state index contributed by atoms with van der Waals surface area (Å²) in [4.78, 5) is 31.3. The first-order chi connectivity index (χ1) is 13.9. The highest BCUT2D eigenvalue weighted by molar-refractivity contribution is 6.31. The van der Waals surface area contributed by atoms with Crippen LogP contribution in [-0.2, 0) is 15.8 Å². The Balaban J connectivity index is 2.00. The Labute approximate surface area is 173 Å². The molecule has 2 heterocycles. The predicted molar refractivity (Wildman–Crippen MR) is 101 cm³/mol. The van der Waals surface area contributed by atoms with Gasteiger partial charge in [-0.05, 0) is 37.3 Å². The molecule has 0 saturated carbocycles. The minimum absolute atomic E-state index is 0.0149. The number of anilines is 2. The van der Waals surface area contributed by atoms with Gasteiger partial charge in [-0.25, -0.2) is 9.37 Å². The smallest absolute Gasteiger partial charge is 0.383 e. The van der Waals surface area contributed by atoms with Crippen LogP contribution in [0.5, 0.6) is 0 Å². The summed E-state index contributed by atoms with van der Waals surface area (Å²) in [6, 6.07) is 3.67. The van der Waals surface area contributed by atoms with E-state index in [1.54, 1.807) is 0 Å². The molecule has 30 heavy (non-hydrogen) atoms. The fourth-order valence-electron chi connectivity index (χ4n) is 3.20. The Morgan fingerprint density at radius 1 is 1.30 bits per heavy atom. The molecule has 0 aliphatic carbocycles. The van der Waals surface area contributed by atoms with Gasteiger partial charge in [0.2, 0.25) is 5.91 Å². The van der Waals surface area contributed by atoms with Crippen LogP contribution >= 0.6 is 11.6 Å². The molecule has 1 aliphatic heterocycles. The first-order valence-corrected chi connectivity index (χ1v) is 9.07. The normalized spacial score (nSPS) is 19.3. The van der Waals surface area contributed by atoms with E-state index in [9.17, 15) is 32.3 Å². The zero-order chi connectivity index (χ0) is 22.4. The molecule has 160 valence electrons. The lowest BCUT2D eigenvalue weighted by Gasteiger charge is -2.28. The number of pyridine rings is 1. The van der Waals surface area contributed by atoms with Gasteiger partial charge >= 0.3 is 6.18 Å². The summed E-state index contributed by atoms with van der Waals surface area (Å²) in [5.74, 6) is -2.74. The van der Waals surface area contributed by atoms with Gasteiger partial charge in [0.15, 0.2) is 0 Å². The summed E-state index contributed by atoms with van der Waals surface area (Å²) in [7, 11) is 1.34. The number of benzene rings is 1. The third-order valence-corrected chi connectivity index (χ3v) is 4.99. The van der Waals surface area contributed by atoms with Crippen molar-refractivity contribution in [2.75, 3.05) is 16.8 Å². The first-order valence-electron chi connectivity index (χ1n) is 8.69. The van der Waals surface area contributed by atoms with Crippen LogP contribution in [-0.4, -0.2) is 41.1 Å². The number of carbonyl (C=O) groups excluding carboxylic acids is 2. The number of aromatic nitrogens is 1. The lowest BCUT2D eigenvalue weighted by molar-refractivity contribution is -0.137. The molecule has 0 unspecified atom stereocenters. The summed E-state index contributed by atoms with van der Waals surface area (Å²) in [5, 5.41) is 9.76. The Morgan fingerprint density at radius 3 is 2.57 bits per heavy atom. The van der Waals surface area contributed by atoms with Crippen LogP contribution in [0, 0.1) is 12.7 Å². The molecule has 1 aromatic carbocycles. The van der Waals surface area contributed by atoms with Gasteiger partial charge in [0.05, 0.1) is 10.6 Å². The number of nitrogens with zero attached hydrogens (tertiary/aromatic N) is 3. The van der Waals surface area contributed by atoms with Crippen LogP contribution in [0.15, 0.2) is 30.3 Å². The van der Waals surface area contributed by atoms with Crippen LogP contribution in [0.25, 0.3) is 0 Å². The van der Waals surface area contributed by atoms with Gasteiger partial charge in [-0.2, -0.15) is 13.2 Å². The monoisotopic (exact) mass is 445 g/mol. The molecular formula is C19H16ClF4N3O3. The fourth-order valence-corrected chi connectivity index (χ4v) is 3.37. The van der Waals surface area contributed by atoms with Crippen LogP contribution in [0.2, 0.25) is 5.02 Å². The Morgan fingerprint density at radius 2 is 1.97 bits per heavy atom. The van der Waals surface area contributed by atoms with E-state index in [1.165, 1.54) is 26.1 Å². The maximum Gasteiger partial charge on any atom is 0.416 e. The van der Waals surface area contributed by atoms with Gasteiger partial charge in [-0.3, -0.25) is 14.5 Å². The van der Waals surface area contributed by atoms with Crippen molar-refractivity contribution in [3.05, 3.63) is 52.4 Å². The van der Waals surface area contributed by atoms with E-state index in [1.807, 2.05) is 0 Å². The van der Waals surface area contributed by atoms with Crippen LogP contribution in [0.4, 0.5) is 29.1 Å². The maximum absolute atomic E-state index is 13.4. The van der Waals surface area contributed by atoms with E-state index >= 15 is 0 Å². The number of carbonyl (C=O) groups is 2. The third kappa shape index (κ3) is 4.10. The molecule has 1 aliphatic rings. The standard InChI is InChI=1S/C19H16ClF4N3O3/c1-9-5-10(19(22,23)24)6-16(25-9)27-14(8-15(28)18(27)30)17(29)26(2)11-3-4-13(21)12(20)7-11/h3-7,14-15,28H,8H2,1-2H3/t14-,15-/m0/s1. The topological polar surface area (TPSA) is 73.7 Å². The SMILES string of the molecule is Cc1cc(C(F)(F)F)cc(N2C(=O)[C@@H](O)C[C@H]2C(=O)N(C)c2ccc(F)c(Cl)c2)n1. The Bertz CT molecular complexity index is 1020. The number of rotatable bonds is 3. The molecule has 0 bridgehead atoms. The third-order valence-electron chi connectivity index (χ3n) is 4.70. The number of alkyl halides is 3. The number of hydrogen-bond acceptors (Lipinski definition) is 4. The average molecular weight is 446 g/mol. The van der Waals surface area contributed by atoms with E-state index in [-0.39, 0.29) is 22.8 Å². The van der Waals surface area contributed by atoms with E-state index in [2.05, 4.69) is 4.98 Å². The van der Waals surface area contributed by atoms with E-state index in [0.717, 1.165) is 21.9 Å². The van der Waals surface area contributed by atoms with Gasteiger partial charge in [0, 0.05) is 24.8 Å². The van der Waals surface area contributed by atoms with Crippen molar-refractivity contribution < 1.29 is 32.3 Å². The van der Waals surface area contributed by atoms with Crippen LogP contribution in [0.3, 0.4) is 0 Å². The molecule has 6 nitrogen and oxygen atoms in total. The highest BCUT2D eigenvalue weighted by Crippen LogP contribution is 2.35. The minimum atomic E-state index is -4.69. The molecule has 1 fully saturated rings. The molecular weight excluding hydrogens is 430 g/mol. The second kappa shape index (κ2) is 7.84. The van der Waals surface area contributed by atoms with Crippen LogP contribution in [0.1, 0.15) is 17.7 Å². The molecule has 1 aromatic heterocycles. The first kappa shape index (κ1) is 22.0. The summed E-state index contributed by atoms with van der Waals surface area (Å²) < 4.78 is 53.0. The summed E-state index contributed by atoms with van der Waals surface area (Å²) in [5.41, 5.74) is -0.851. The fraction of sp³-hybridized carbons (Fsp3) is 0.316.